The van der Waals surface area contributed by atoms with E-state index in [9.17, 15) is 4.79 Å². The zero-order valence-electron chi connectivity index (χ0n) is 11.6. The predicted molar refractivity (Wildman–Crippen MR) is 78.6 cm³/mol. The van der Waals surface area contributed by atoms with Crippen LogP contribution in [-0.4, -0.2) is 25.4 Å². The molecule has 1 rings (SSSR count). The van der Waals surface area contributed by atoms with Crippen LogP contribution in [0.5, 0.6) is 5.75 Å². The summed E-state index contributed by atoms with van der Waals surface area (Å²) in [5.74, 6) is 0.493. The summed E-state index contributed by atoms with van der Waals surface area (Å²) < 4.78 is 10.1. The number of nitrogen functional groups attached to an aromatic ring is 1. The van der Waals surface area contributed by atoms with Crippen LogP contribution in [0, 0.1) is 0 Å². The molecule has 5 heteroatoms. The summed E-state index contributed by atoms with van der Waals surface area (Å²) in [6.45, 7) is 2.10. The third kappa shape index (κ3) is 4.67. The van der Waals surface area contributed by atoms with Gasteiger partial charge in [0, 0.05) is 11.8 Å². The standard InChI is InChI=1S/C14H21NO3S/c1-4-5-6-13(14(16)18-3)19-12-8-7-10(15)9-11(12)17-2/h7-9,13H,4-6,15H2,1-3H3. The summed E-state index contributed by atoms with van der Waals surface area (Å²) in [5.41, 5.74) is 6.36. The van der Waals surface area contributed by atoms with Gasteiger partial charge in [-0.2, -0.15) is 0 Å². The van der Waals surface area contributed by atoms with E-state index in [1.54, 1.807) is 19.2 Å². The molecule has 1 unspecified atom stereocenters. The van der Waals surface area contributed by atoms with Gasteiger partial charge < -0.3 is 15.2 Å². The van der Waals surface area contributed by atoms with Crippen LogP contribution in [0.2, 0.25) is 0 Å². The first-order valence-corrected chi connectivity index (χ1v) is 7.18. The molecule has 0 radical (unpaired) electrons. The van der Waals surface area contributed by atoms with Crippen LogP contribution in [0.15, 0.2) is 23.1 Å². The van der Waals surface area contributed by atoms with E-state index in [0.717, 1.165) is 24.2 Å². The molecule has 0 aliphatic heterocycles. The maximum Gasteiger partial charge on any atom is 0.319 e. The van der Waals surface area contributed by atoms with E-state index in [4.69, 9.17) is 15.2 Å². The minimum absolute atomic E-state index is 0.197. The van der Waals surface area contributed by atoms with E-state index in [1.165, 1.54) is 18.9 Å². The van der Waals surface area contributed by atoms with Crippen molar-refractivity contribution in [2.75, 3.05) is 20.0 Å². The molecule has 2 N–H and O–H groups in total. The zero-order chi connectivity index (χ0) is 14.3. The Morgan fingerprint density at radius 1 is 1.42 bits per heavy atom. The van der Waals surface area contributed by atoms with E-state index >= 15 is 0 Å². The Labute approximate surface area is 118 Å². The second-order valence-electron chi connectivity index (χ2n) is 4.18. The predicted octanol–water partition coefficient (Wildman–Crippen LogP) is 3.10. The third-order valence-corrected chi connectivity index (χ3v) is 4.04. The van der Waals surface area contributed by atoms with Gasteiger partial charge in [-0.15, -0.1) is 11.8 Å². The Balaban J connectivity index is 2.85. The van der Waals surface area contributed by atoms with Crippen molar-refractivity contribution in [1.29, 1.82) is 0 Å². The highest BCUT2D eigenvalue weighted by atomic mass is 32.2. The van der Waals surface area contributed by atoms with Crippen molar-refractivity contribution in [2.45, 2.75) is 36.3 Å². The SMILES string of the molecule is CCCCC(Sc1ccc(N)cc1OC)C(=O)OC. The average molecular weight is 283 g/mol. The third-order valence-electron chi connectivity index (χ3n) is 2.74. The second kappa shape index (κ2) is 7.94. The van der Waals surface area contributed by atoms with Crippen LogP contribution in [0.3, 0.4) is 0 Å². The molecule has 0 aromatic heterocycles. The molecule has 0 aliphatic rings. The first-order valence-electron chi connectivity index (χ1n) is 6.30. The fourth-order valence-electron chi connectivity index (χ4n) is 1.68. The first-order chi connectivity index (χ1) is 9.12. The number of nitrogens with two attached hydrogens (primary N) is 1. The molecule has 1 atom stereocenters. The van der Waals surface area contributed by atoms with Gasteiger partial charge in [0.1, 0.15) is 11.0 Å². The molecule has 0 aliphatic carbocycles. The van der Waals surface area contributed by atoms with E-state index in [-0.39, 0.29) is 11.2 Å². The Bertz CT molecular complexity index is 423. The van der Waals surface area contributed by atoms with Crippen molar-refractivity contribution >= 4 is 23.4 Å². The van der Waals surface area contributed by atoms with Gasteiger partial charge in [0.15, 0.2) is 0 Å². The summed E-state index contributed by atoms with van der Waals surface area (Å²) in [6.07, 6.45) is 2.83. The molecule has 4 nitrogen and oxygen atoms in total. The molecular weight excluding hydrogens is 262 g/mol. The minimum atomic E-state index is -0.206. The summed E-state index contributed by atoms with van der Waals surface area (Å²) in [4.78, 5) is 12.7. The minimum Gasteiger partial charge on any atom is -0.496 e. The van der Waals surface area contributed by atoms with E-state index < -0.39 is 0 Å². The lowest BCUT2D eigenvalue weighted by Crippen LogP contribution is -2.18. The van der Waals surface area contributed by atoms with Gasteiger partial charge in [0.2, 0.25) is 0 Å². The lowest BCUT2D eigenvalue weighted by Gasteiger charge is -2.16. The molecule has 0 heterocycles. The number of hydrogen-bond acceptors (Lipinski definition) is 5. The summed E-state index contributed by atoms with van der Waals surface area (Å²) in [7, 11) is 3.01. The number of anilines is 1. The van der Waals surface area contributed by atoms with Crippen molar-refractivity contribution in [3.8, 4) is 5.75 Å². The van der Waals surface area contributed by atoms with Gasteiger partial charge in [-0.3, -0.25) is 4.79 Å². The summed E-state index contributed by atoms with van der Waals surface area (Å²) in [5, 5.41) is -0.206. The number of thioether (sulfide) groups is 1. The van der Waals surface area contributed by atoms with Gasteiger partial charge in [-0.1, -0.05) is 19.8 Å². The molecule has 0 saturated carbocycles. The molecule has 0 amide bonds. The highest BCUT2D eigenvalue weighted by Gasteiger charge is 2.21. The lowest BCUT2D eigenvalue weighted by molar-refractivity contribution is -0.140. The Hall–Kier alpha value is -1.36. The molecule has 0 saturated heterocycles. The van der Waals surface area contributed by atoms with Crippen molar-refractivity contribution in [3.05, 3.63) is 18.2 Å². The Morgan fingerprint density at radius 3 is 2.74 bits per heavy atom. The first kappa shape index (κ1) is 15.7. The average Bonchev–Trinajstić information content (AvgIpc) is 2.43. The summed E-state index contributed by atoms with van der Waals surface area (Å²) in [6, 6.07) is 5.44. The number of esters is 1. The van der Waals surface area contributed by atoms with E-state index in [0.29, 0.717) is 11.4 Å². The maximum absolute atomic E-state index is 11.8. The second-order valence-corrected chi connectivity index (χ2v) is 5.43. The fourth-order valence-corrected chi connectivity index (χ4v) is 2.87. The van der Waals surface area contributed by atoms with Gasteiger partial charge >= 0.3 is 5.97 Å². The number of ether oxygens (including phenoxy) is 2. The van der Waals surface area contributed by atoms with Crippen molar-refractivity contribution < 1.29 is 14.3 Å². The number of unbranched alkanes of at least 4 members (excludes halogenated alkanes) is 1. The Kier molecular flexibility index (Phi) is 6.56. The molecule has 1 aromatic carbocycles. The maximum atomic E-state index is 11.8. The monoisotopic (exact) mass is 283 g/mol. The fraction of sp³-hybridized carbons (Fsp3) is 0.500. The highest BCUT2D eigenvalue weighted by Crippen LogP contribution is 2.35. The van der Waals surface area contributed by atoms with Crippen molar-refractivity contribution in [3.63, 3.8) is 0 Å². The van der Waals surface area contributed by atoms with Gasteiger partial charge in [0.25, 0.3) is 0 Å². The lowest BCUT2D eigenvalue weighted by atomic mass is 10.2. The van der Waals surface area contributed by atoms with Crippen molar-refractivity contribution in [1.82, 2.24) is 0 Å². The molecule has 0 fully saturated rings. The molecule has 19 heavy (non-hydrogen) atoms. The van der Waals surface area contributed by atoms with Crippen LogP contribution in [-0.2, 0) is 9.53 Å². The van der Waals surface area contributed by atoms with Crippen LogP contribution in [0.1, 0.15) is 26.2 Å². The smallest absolute Gasteiger partial charge is 0.319 e. The van der Waals surface area contributed by atoms with Crippen molar-refractivity contribution in [2.24, 2.45) is 0 Å². The normalized spacial score (nSPS) is 11.9. The van der Waals surface area contributed by atoms with E-state index in [2.05, 4.69) is 6.92 Å². The van der Waals surface area contributed by atoms with Gasteiger partial charge in [-0.05, 0) is 18.6 Å². The molecular formula is C14H21NO3S. The zero-order valence-corrected chi connectivity index (χ0v) is 12.5. The quantitative estimate of drug-likeness (QED) is 0.473. The number of carbonyl (C=O) groups excluding carboxylic acids is 1. The molecule has 0 bridgehead atoms. The topological polar surface area (TPSA) is 61.5 Å². The van der Waals surface area contributed by atoms with Crippen LogP contribution in [0.4, 0.5) is 5.69 Å². The Morgan fingerprint density at radius 2 is 2.16 bits per heavy atom. The summed E-state index contributed by atoms with van der Waals surface area (Å²) >= 11 is 1.47. The van der Waals surface area contributed by atoms with Crippen LogP contribution < -0.4 is 10.5 Å². The molecule has 106 valence electrons. The number of benzene rings is 1. The van der Waals surface area contributed by atoms with Crippen LogP contribution >= 0.6 is 11.8 Å². The number of methoxy groups -OCH3 is 2. The number of rotatable bonds is 7. The molecule has 0 spiro atoms. The highest BCUT2D eigenvalue weighted by molar-refractivity contribution is 8.00. The van der Waals surface area contributed by atoms with Gasteiger partial charge in [0.05, 0.1) is 19.1 Å². The molecule has 1 aromatic rings. The number of hydrogen-bond donors (Lipinski definition) is 1. The van der Waals surface area contributed by atoms with Crippen LogP contribution in [0.25, 0.3) is 0 Å². The van der Waals surface area contributed by atoms with E-state index in [1.807, 2.05) is 6.07 Å². The van der Waals surface area contributed by atoms with Gasteiger partial charge in [-0.25, -0.2) is 0 Å². The number of carbonyl (C=O) groups is 1. The largest absolute Gasteiger partial charge is 0.496 e.